The Kier molecular flexibility index (Phi) is 3.89. The van der Waals surface area contributed by atoms with Crippen molar-refractivity contribution >= 4 is 17.2 Å². The van der Waals surface area contributed by atoms with Gasteiger partial charge in [0.1, 0.15) is 22.2 Å². The summed E-state index contributed by atoms with van der Waals surface area (Å²) in [6.45, 7) is 0. The number of hydrogen-bond donors (Lipinski definition) is 1. The Morgan fingerprint density at radius 1 is 1.20 bits per heavy atom. The Morgan fingerprint density at radius 2 is 1.90 bits per heavy atom. The molecule has 20 heavy (non-hydrogen) atoms. The summed E-state index contributed by atoms with van der Waals surface area (Å²) in [5.74, 6) is -0.111. The van der Waals surface area contributed by atoms with E-state index in [0.29, 0.717) is 0 Å². The van der Waals surface area contributed by atoms with E-state index in [1.807, 2.05) is 0 Å². The number of nitrogens with zero attached hydrogens (tertiary/aromatic N) is 1. The summed E-state index contributed by atoms with van der Waals surface area (Å²) in [5.41, 5.74) is 4.84. The molecule has 0 radical (unpaired) electrons. The summed E-state index contributed by atoms with van der Waals surface area (Å²) in [5, 5.41) is 0. The number of ether oxygens (including phenoxy) is 1. The van der Waals surface area contributed by atoms with Gasteiger partial charge in [-0.1, -0.05) is 24.4 Å². The lowest BCUT2D eigenvalue weighted by atomic mass is 10.2. The van der Waals surface area contributed by atoms with Crippen LogP contribution in [0.2, 0.25) is 0 Å². The van der Waals surface area contributed by atoms with E-state index in [0.717, 1.165) is 6.07 Å². The van der Waals surface area contributed by atoms with E-state index in [4.69, 9.17) is 22.7 Å². The molecular weight excluding hydrogens is 289 g/mol. The summed E-state index contributed by atoms with van der Waals surface area (Å²) < 4.78 is 43.7. The second kappa shape index (κ2) is 5.46. The summed E-state index contributed by atoms with van der Waals surface area (Å²) in [6, 6.07) is 7.75. The van der Waals surface area contributed by atoms with Crippen molar-refractivity contribution < 1.29 is 17.9 Å². The maximum atomic E-state index is 12.8. The second-order valence-corrected chi connectivity index (χ2v) is 4.28. The highest BCUT2D eigenvalue weighted by molar-refractivity contribution is 7.80. The Hall–Kier alpha value is -2.15. The van der Waals surface area contributed by atoms with Gasteiger partial charge in [0.25, 0.3) is 0 Å². The van der Waals surface area contributed by atoms with E-state index in [-0.39, 0.29) is 22.2 Å². The Labute approximate surface area is 118 Å². The first-order chi connectivity index (χ1) is 9.38. The number of nitrogens with two attached hydrogens (primary N) is 1. The van der Waals surface area contributed by atoms with Crippen LogP contribution in [0.3, 0.4) is 0 Å². The Morgan fingerprint density at radius 3 is 2.55 bits per heavy atom. The smallest absolute Gasteiger partial charge is 0.419 e. The average molecular weight is 298 g/mol. The number of alkyl halides is 3. The fourth-order valence-electron chi connectivity index (χ4n) is 1.53. The molecule has 0 spiro atoms. The molecule has 0 aliphatic heterocycles. The molecule has 1 heterocycles. The molecule has 104 valence electrons. The van der Waals surface area contributed by atoms with Crippen LogP contribution in [0.15, 0.2) is 42.6 Å². The van der Waals surface area contributed by atoms with Gasteiger partial charge in [-0.25, -0.2) is 0 Å². The van der Waals surface area contributed by atoms with Crippen molar-refractivity contribution in [2.24, 2.45) is 5.73 Å². The van der Waals surface area contributed by atoms with Gasteiger partial charge >= 0.3 is 6.18 Å². The first-order valence-corrected chi connectivity index (χ1v) is 5.88. The molecule has 2 aromatic rings. The standard InChI is InChI=1S/C13H9F3N2OS/c14-13(15,16)9-3-1-2-4-11(9)19-8-5-6-18-10(7-8)12(17)20/h1-7H,(H2,17,20). The van der Waals surface area contributed by atoms with Crippen LogP contribution in [0.4, 0.5) is 13.2 Å². The predicted octanol–water partition coefficient (Wildman–Crippen LogP) is 3.53. The molecule has 0 saturated carbocycles. The van der Waals surface area contributed by atoms with Crippen LogP contribution < -0.4 is 10.5 Å². The van der Waals surface area contributed by atoms with Crippen LogP contribution in [0, 0.1) is 0 Å². The minimum Gasteiger partial charge on any atom is -0.457 e. The van der Waals surface area contributed by atoms with Crippen molar-refractivity contribution in [3.8, 4) is 11.5 Å². The average Bonchev–Trinajstić information content (AvgIpc) is 2.38. The summed E-state index contributed by atoms with van der Waals surface area (Å²) in [4.78, 5) is 3.92. The first-order valence-electron chi connectivity index (χ1n) is 5.48. The molecular formula is C13H9F3N2OS. The maximum Gasteiger partial charge on any atom is 0.419 e. The molecule has 0 atom stereocenters. The highest BCUT2D eigenvalue weighted by Gasteiger charge is 2.34. The highest BCUT2D eigenvalue weighted by atomic mass is 32.1. The van der Waals surface area contributed by atoms with Crippen LogP contribution >= 0.6 is 12.2 Å². The third-order valence-corrected chi connectivity index (χ3v) is 2.61. The van der Waals surface area contributed by atoms with E-state index in [1.54, 1.807) is 0 Å². The molecule has 1 aromatic heterocycles. The zero-order valence-corrected chi connectivity index (χ0v) is 10.8. The van der Waals surface area contributed by atoms with Crippen LogP contribution in [0.5, 0.6) is 11.5 Å². The van der Waals surface area contributed by atoms with Crippen molar-refractivity contribution in [1.29, 1.82) is 0 Å². The van der Waals surface area contributed by atoms with E-state index >= 15 is 0 Å². The molecule has 1 aromatic carbocycles. The fourth-order valence-corrected chi connectivity index (χ4v) is 1.64. The molecule has 3 nitrogen and oxygen atoms in total. The molecule has 2 N–H and O–H groups in total. The summed E-state index contributed by atoms with van der Waals surface area (Å²) in [6.07, 6.45) is -3.13. The molecule has 0 aliphatic carbocycles. The van der Waals surface area contributed by atoms with Crippen molar-refractivity contribution in [2.75, 3.05) is 0 Å². The van der Waals surface area contributed by atoms with E-state index in [1.165, 1.54) is 36.5 Å². The molecule has 0 fully saturated rings. The normalized spacial score (nSPS) is 11.2. The lowest BCUT2D eigenvalue weighted by Gasteiger charge is -2.13. The van der Waals surface area contributed by atoms with E-state index < -0.39 is 11.7 Å². The lowest BCUT2D eigenvalue weighted by Crippen LogP contribution is -2.11. The fraction of sp³-hybridized carbons (Fsp3) is 0.0769. The number of halogens is 3. The number of benzene rings is 1. The van der Waals surface area contributed by atoms with Crippen molar-refractivity contribution in [2.45, 2.75) is 6.18 Å². The van der Waals surface area contributed by atoms with Crippen molar-refractivity contribution in [3.63, 3.8) is 0 Å². The van der Waals surface area contributed by atoms with Crippen LogP contribution in [0.25, 0.3) is 0 Å². The van der Waals surface area contributed by atoms with Crippen molar-refractivity contribution in [3.05, 3.63) is 53.9 Å². The number of pyridine rings is 1. The zero-order valence-electron chi connectivity index (χ0n) is 10.0. The monoisotopic (exact) mass is 298 g/mol. The number of para-hydroxylation sites is 1. The third-order valence-electron chi connectivity index (χ3n) is 2.40. The molecule has 0 saturated heterocycles. The maximum absolute atomic E-state index is 12.8. The van der Waals surface area contributed by atoms with Gasteiger partial charge in [-0.3, -0.25) is 4.98 Å². The summed E-state index contributed by atoms with van der Waals surface area (Å²) >= 11 is 4.75. The van der Waals surface area contributed by atoms with Gasteiger partial charge in [0, 0.05) is 12.3 Å². The molecule has 7 heteroatoms. The molecule has 0 aliphatic rings. The number of rotatable bonds is 3. The first kappa shape index (κ1) is 14.3. The van der Waals surface area contributed by atoms with Gasteiger partial charge in [-0.05, 0) is 18.2 Å². The quantitative estimate of drug-likeness (QED) is 0.881. The number of thiocarbonyl (C=S) groups is 1. The molecule has 2 rings (SSSR count). The van der Waals surface area contributed by atoms with Crippen LogP contribution in [-0.2, 0) is 6.18 Å². The number of aromatic nitrogens is 1. The van der Waals surface area contributed by atoms with Crippen LogP contribution in [-0.4, -0.2) is 9.97 Å². The minimum absolute atomic E-state index is 0.0413. The number of hydrogen-bond acceptors (Lipinski definition) is 3. The molecule has 0 unspecified atom stereocenters. The van der Waals surface area contributed by atoms with Gasteiger partial charge in [0.15, 0.2) is 0 Å². The van der Waals surface area contributed by atoms with Gasteiger partial charge in [-0.2, -0.15) is 13.2 Å². The van der Waals surface area contributed by atoms with Gasteiger partial charge in [-0.15, -0.1) is 0 Å². The summed E-state index contributed by atoms with van der Waals surface area (Å²) in [7, 11) is 0. The Balaban J connectivity index is 2.36. The SMILES string of the molecule is NC(=S)c1cc(Oc2ccccc2C(F)(F)F)ccn1. The van der Waals surface area contributed by atoms with Gasteiger partial charge in [0.2, 0.25) is 0 Å². The second-order valence-electron chi connectivity index (χ2n) is 3.84. The van der Waals surface area contributed by atoms with Gasteiger partial charge in [0.05, 0.1) is 5.56 Å². The molecule has 0 bridgehead atoms. The lowest BCUT2D eigenvalue weighted by molar-refractivity contribution is -0.138. The van der Waals surface area contributed by atoms with Crippen LogP contribution in [0.1, 0.15) is 11.3 Å². The highest BCUT2D eigenvalue weighted by Crippen LogP contribution is 2.37. The van der Waals surface area contributed by atoms with Crippen molar-refractivity contribution in [1.82, 2.24) is 4.98 Å². The van der Waals surface area contributed by atoms with E-state index in [9.17, 15) is 13.2 Å². The predicted molar refractivity (Wildman–Crippen MR) is 71.6 cm³/mol. The van der Waals surface area contributed by atoms with E-state index in [2.05, 4.69) is 4.98 Å². The molecule has 0 amide bonds. The third kappa shape index (κ3) is 3.24. The zero-order chi connectivity index (χ0) is 14.8. The van der Waals surface area contributed by atoms with Gasteiger partial charge < -0.3 is 10.5 Å². The topological polar surface area (TPSA) is 48.1 Å². The largest absolute Gasteiger partial charge is 0.457 e. The Bertz CT molecular complexity index is 644. The minimum atomic E-state index is -4.49.